The highest BCUT2D eigenvalue weighted by molar-refractivity contribution is 6.30. The molecule has 136 valence electrons. The van der Waals surface area contributed by atoms with Crippen molar-refractivity contribution in [2.45, 2.75) is 19.9 Å². The zero-order valence-electron chi connectivity index (χ0n) is 14.7. The molecule has 0 bridgehead atoms. The maximum atomic E-state index is 14.2. The fourth-order valence-corrected chi connectivity index (χ4v) is 3.18. The molecule has 0 aliphatic carbocycles. The molecule has 3 aromatic heterocycles. The summed E-state index contributed by atoms with van der Waals surface area (Å²) in [4.78, 5) is 8.66. The number of aryl methyl sites for hydroxylation is 1. The number of hydrogen-bond donors (Lipinski definition) is 1. The first-order chi connectivity index (χ1) is 13.2. The average Bonchev–Trinajstić information content (AvgIpc) is 3.08. The van der Waals surface area contributed by atoms with Gasteiger partial charge < -0.3 is 5.32 Å². The van der Waals surface area contributed by atoms with Crippen molar-refractivity contribution in [3.05, 3.63) is 65.8 Å². The second-order valence-electron chi connectivity index (χ2n) is 6.14. The van der Waals surface area contributed by atoms with Gasteiger partial charge in [0, 0.05) is 35.2 Å². The predicted molar refractivity (Wildman–Crippen MR) is 106 cm³/mol. The van der Waals surface area contributed by atoms with E-state index in [4.69, 9.17) is 11.6 Å². The van der Waals surface area contributed by atoms with Gasteiger partial charge in [-0.1, -0.05) is 18.5 Å². The number of hydrogen-bond acceptors (Lipinski definition) is 4. The highest BCUT2D eigenvalue weighted by Crippen LogP contribution is 2.29. The van der Waals surface area contributed by atoms with E-state index in [-0.39, 0.29) is 5.82 Å². The second-order valence-corrected chi connectivity index (χ2v) is 6.58. The zero-order chi connectivity index (χ0) is 18.8. The lowest BCUT2D eigenvalue weighted by atomic mass is 10.1. The Bertz CT molecular complexity index is 1110. The molecule has 0 radical (unpaired) electrons. The van der Waals surface area contributed by atoms with Crippen LogP contribution in [0.5, 0.6) is 0 Å². The Morgan fingerprint density at radius 3 is 2.81 bits per heavy atom. The van der Waals surface area contributed by atoms with E-state index in [0.717, 1.165) is 35.4 Å². The molecule has 7 heteroatoms. The number of anilines is 2. The molecule has 0 unspecified atom stereocenters. The topological polar surface area (TPSA) is 55.6 Å². The van der Waals surface area contributed by atoms with Crippen molar-refractivity contribution in [2.24, 2.45) is 0 Å². The average molecular weight is 382 g/mol. The Labute approximate surface area is 160 Å². The molecule has 0 atom stereocenters. The molecule has 0 aliphatic rings. The largest absolute Gasteiger partial charge is 0.354 e. The number of rotatable bonds is 5. The third kappa shape index (κ3) is 3.48. The molecule has 4 aromatic rings. The monoisotopic (exact) mass is 381 g/mol. The van der Waals surface area contributed by atoms with Crippen LogP contribution in [0.4, 0.5) is 15.8 Å². The molecule has 1 N–H and O–H groups in total. The first-order valence-corrected chi connectivity index (χ1v) is 9.02. The molecule has 0 saturated heterocycles. The van der Waals surface area contributed by atoms with Crippen molar-refractivity contribution in [1.29, 1.82) is 0 Å². The van der Waals surface area contributed by atoms with Crippen LogP contribution in [0.3, 0.4) is 0 Å². The lowest BCUT2D eigenvalue weighted by Gasteiger charge is -2.11. The summed E-state index contributed by atoms with van der Waals surface area (Å²) in [6, 6.07) is 9.96. The van der Waals surface area contributed by atoms with E-state index in [2.05, 4.69) is 27.3 Å². The van der Waals surface area contributed by atoms with E-state index in [1.807, 2.05) is 16.8 Å². The van der Waals surface area contributed by atoms with Crippen LogP contribution < -0.4 is 5.32 Å². The van der Waals surface area contributed by atoms with Gasteiger partial charge in [-0.15, -0.1) is 0 Å². The predicted octanol–water partition coefficient (Wildman–Crippen LogP) is 5.44. The van der Waals surface area contributed by atoms with E-state index in [0.29, 0.717) is 16.3 Å². The number of fused-ring (bicyclic) bond motifs is 1. The summed E-state index contributed by atoms with van der Waals surface area (Å²) in [6.45, 7) is 2.91. The van der Waals surface area contributed by atoms with Crippen molar-refractivity contribution in [3.63, 3.8) is 0 Å². The molecule has 0 spiro atoms. The van der Waals surface area contributed by atoms with Gasteiger partial charge in [-0.25, -0.2) is 4.39 Å². The maximum Gasteiger partial charge on any atom is 0.132 e. The number of pyridine rings is 2. The third-order valence-corrected chi connectivity index (χ3v) is 4.44. The van der Waals surface area contributed by atoms with Crippen LogP contribution in [-0.2, 0) is 6.54 Å². The van der Waals surface area contributed by atoms with Crippen molar-refractivity contribution < 1.29 is 4.39 Å². The van der Waals surface area contributed by atoms with Crippen LogP contribution in [0.1, 0.15) is 13.3 Å². The minimum absolute atomic E-state index is 0.363. The van der Waals surface area contributed by atoms with Crippen molar-refractivity contribution >= 4 is 34.0 Å². The lowest BCUT2D eigenvalue weighted by molar-refractivity contribution is 0.623. The highest BCUT2D eigenvalue weighted by Gasteiger charge is 2.11. The number of nitrogens with one attached hydrogen (secondary N) is 1. The third-order valence-electron chi connectivity index (χ3n) is 4.21. The summed E-state index contributed by atoms with van der Waals surface area (Å²) in [5.41, 5.74) is 4.30. The molecule has 0 amide bonds. The molecule has 4 rings (SSSR count). The summed E-state index contributed by atoms with van der Waals surface area (Å²) in [6.07, 6.45) is 6.11. The van der Waals surface area contributed by atoms with Crippen LogP contribution in [-0.4, -0.2) is 19.7 Å². The second kappa shape index (κ2) is 7.32. The van der Waals surface area contributed by atoms with Gasteiger partial charge in [0.15, 0.2) is 0 Å². The zero-order valence-corrected chi connectivity index (χ0v) is 15.4. The maximum absolute atomic E-state index is 14.2. The number of nitrogens with zero attached hydrogens (tertiary/aromatic N) is 4. The van der Waals surface area contributed by atoms with Gasteiger partial charge >= 0.3 is 0 Å². The van der Waals surface area contributed by atoms with E-state index in [9.17, 15) is 4.39 Å². The first kappa shape index (κ1) is 17.4. The van der Waals surface area contributed by atoms with Crippen LogP contribution in [0.2, 0.25) is 5.02 Å². The molecule has 3 heterocycles. The van der Waals surface area contributed by atoms with Crippen LogP contribution in [0.25, 0.3) is 22.3 Å². The van der Waals surface area contributed by atoms with E-state index in [1.165, 1.54) is 12.1 Å². The highest BCUT2D eigenvalue weighted by atomic mass is 35.5. The van der Waals surface area contributed by atoms with Gasteiger partial charge in [0.2, 0.25) is 0 Å². The molecule has 5 nitrogen and oxygen atoms in total. The van der Waals surface area contributed by atoms with Gasteiger partial charge in [-0.3, -0.25) is 14.6 Å². The van der Waals surface area contributed by atoms with E-state index < -0.39 is 0 Å². The molecule has 0 aliphatic heterocycles. The Hall–Kier alpha value is -2.99. The van der Waals surface area contributed by atoms with Crippen molar-refractivity contribution in [3.8, 4) is 11.3 Å². The van der Waals surface area contributed by atoms with Crippen molar-refractivity contribution in [1.82, 2.24) is 19.7 Å². The van der Waals surface area contributed by atoms with Crippen LogP contribution in [0, 0.1) is 5.82 Å². The molecular weight excluding hydrogens is 365 g/mol. The van der Waals surface area contributed by atoms with Crippen LogP contribution in [0.15, 0.2) is 55.0 Å². The Balaban J connectivity index is 1.73. The summed E-state index contributed by atoms with van der Waals surface area (Å²) in [5.74, 6) is -0.364. The summed E-state index contributed by atoms with van der Waals surface area (Å²) < 4.78 is 16.1. The summed E-state index contributed by atoms with van der Waals surface area (Å²) in [7, 11) is 0. The molecule has 27 heavy (non-hydrogen) atoms. The normalized spacial score (nSPS) is 11.1. The van der Waals surface area contributed by atoms with Gasteiger partial charge in [0.1, 0.15) is 16.9 Å². The minimum atomic E-state index is -0.364. The lowest BCUT2D eigenvalue weighted by Crippen LogP contribution is -2.02. The van der Waals surface area contributed by atoms with Gasteiger partial charge in [0.25, 0.3) is 0 Å². The SMILES string of the molecule is CCCn1ncc2nccc(Nc3ccnc(-c4cc(Cl)ccc4F)c3)c21. The Morgan fingerprint density at radius 2 is 1.96 bits per heavy atom. The fourth-order valence-electron chi connectivity index (χ4n) is 3.01. The van der Waals surface area contributed by atoms with E-state index >= 15 is 0 Å². The summed E-state index contributed by atoms with van der Waals surface area (Å²) >= 11 is 6.01. The van der Waals surface area contributed by atoms with E-state index in [1.54, 1.807) is 30.7 Å². The number of halogens is 2. The van der Waals surface area contributed by atoms with Crippen molar-refractivity contribution in [2.75, 3.05) is 5.32 Å². The Morgan fingerprint density at radius 1 is 1.11 bits per heavy atom. The summed E-state index contributed by atoms with van der Waals surface area (Å²) in [5, 5.41) is 8.25. The standard InChI is InChI=1S/C20H17ClFN5/c1-2-9-27-20-17(6-8-24-19(20)12-25-27)26-14-5-7-23-18(11-14)15-10-13(21)3-4-16(15)22/h3-8,10-12H,2,9H2,1H3,(H,23,24,26). The quantitative estimate of drug-likeness (QED) is 0.500. The Kier molecular flexibility index (Phi) is 4.73. The van der Waals surface area contributed by atoms with Gasteiger partial charge in [-0.05, 0) is 42.8 Å². The number of benzene rings is 1. The molecule has 0 fully saturated rings. The minimum Gasteiger partial charge on any atom is -0.354 e. The fraction of sp³-hybridized carbons (Fsp3) is 0.150. The van der Waals surface area contributed by atoms with Gasteiger partial charge in [-0.2, -0.15) is 5.10 Å². The molecular formula is C20H17ClFN5. The van der Waals surface area contributed by atoms with Crippen LogP contribution >= 0.6 is 11.6 Å². The van der Waals surface area contributed by atoms with Gasteiger partial charge in [0.05, 0.1) is 17.6 Å². The molecule has 1 aromatic carbocycles. The smallest absolute Gasteiger partial charge is 0.132 e. The number of aromatic nitrogens is 4. The molecule has 0 saturated carbocycles. The first-order valence-electron chi connectivity index (χ1n) is 8.64.